The van der Waals surface area contributed by atoms with Gasteiger partial charge in [0.15, 0.2) is 0 Å². The lowest BCUT2D eigenvalue weighted by Gasteiger charge is -2.10. The van der Waals surface area contributed by atoms with Crippen LogP contribution >= 0.6 is 0 Å². The summed E-state index contributed by atoms with van der Waals surface area (Å²) < 4.78 is 3.56. The minimum atomic E-state index is -0.120. The van der Waals surface area contributed by atoms with Crippen LogP contribution in [0.2, 0.25) is 0 Å². The molecule has 0 saturated carbocycles. The Labute approximate surface area is 174 Å². The van der Waals surface area contributed by atoms with Crippen molar-refractivity contribution < 1.29 is 4.79 Å². The first-order valence-corrected chi connectivity index (χ1v) is 9.70. The third-order valence-electron chi connectivity index (χ3n) is 4.93. The molecule has 0 unspecified atom stereocenters. The molecule has 8 heteroatoms. The Bertz CT molecular complexity index is 1180. The van der Waals surface area contributed by atoms with Crippen molar-refractivity contribution >= 4 is 5.91 Å². The third-order valence-corrected chi connectivity index (χ3v) is 4.93. The quantitative estimate of drug-likeness (QED) is 0.536. The summed E-state index contributed by atoms with van der Waals surface area (Å²) in [6.07, 6.45) is 1.53. The van der Waals surface area contributed by atoms with Crippen molar-refractivity contribution in [2.45, 2.75) is 33.9 Å². The van der Waals surface area contributed by atoms with Crippen LogP contribution in [0.25, 0.3) is 5.69 Å². The van der Waals surface area contributed by atoms with Gasteiger partial charge in [0.1, 0.15) is 6.33 Å². The number of hydrogen-bond donors (Lipinski definition) is 1. The minimum Gasteiger partial charge on any atom is -0.348 e. The highest BCUT2D eigenvalue weighted by Crippen LogP contribution is 2.15. The van der Waals surface area contributed by atoms with Crippen LogP contribution in [0.1, 0.15) is 38.4 Å². The van der Waals surface area contributed by atoms with Crippen molar-refractivity contribution in [3.63, 3.8) is 0 Å². The van der Waals surface area contributed by atoms with Gasteiger partial charge >= 0.3 is 0 Å². The average Bonchev–Trinajstić information content (AvgIpc) is 3.36. The highest BCUT2D eigenvalue weighted by Gasteiger charge is 2.10. The van der Waals surface area contributed by atoms with E-state index in [-0.39, 0.29) is 5.91 Å². The van der Waals surface area contributed by atoms with E-state index in [0.29, 0.717) is 18.7 Å². The molecule has 2 aromatic carbocycles. The maximum absolute atomic E-state index is 12.6. The van der Waals surface area contributed by atoms with E-state index in [0.717, 1.165) is 33.8 Å². The highest BCUT2D eigenvalue weighted by atomic mass is 16.1. The molecule has 0 aliphatic carbocycles. The smallest absolute Gasteiger partial charge is 0.251 e. The fraction of sp³-hybridized carbons (Fsp3) is 0.227. The van der Waals surface area contributed by atoms with Gasteiger partial charge in [-0.1, -0.05) is 24.3 Å². The molecule has 0 radical (unpaired) electrons. The molecule has 0 aliphatic rings. The van der Waals surface area contributed by atoms with E-state index < -0.39 is 0 Å². The van der Waals surface area contributed by atoms with E-state index in [1.54, 1.807) is 10.7 Å². The Hall–Kier alpha value is -3.81. The first-order chi connectivity index (χ1) is 14.5. The summed E-state index contributed by atoms with van der Waals surface area (Å²) >= 11 is 0. The molecule has 0 aliphatic heterocycles. The van der Waals surface area contributed by atoms with Crippen LogP contribution in [0.4, 0.5) is 0 Å². The van der Waals surface area contributed by atoms with Gasteiger partial charge in [0.05, 0.1) is 17.9 Å². The predicted molar refractivity (Wildman–Crippen MR) is 112 cm³/mol. The molecule has 1 N–H and O–H groups in total. The lowest BCUT2D eigenvalue weighted by molar-refractivity contribution is 0.0951. The number of carbonyl (C=O) groups is 1. The van der Waals surface area contributed by atoms with Crippen molar-refractivity contribution in [1.82, 2.24) is 35.3 Å². The number of tetrazole rings is 1. The number of carbonyl (C=O) groups excluding carboxylic acids is 1. The average molecular weight is 401 g/mol. The molecular weight excluding hydrogens is 378 g/mol. The molecule has 0 spiro atoms. The Morgan fingerprint density at radius 3 is 2.57 bits per heavy atom. The summed E-state index contributed by atoms with van der Waals surface area (Å²) in [7, 11) is 0. The normalized spacial score (nSPS) is 10.9. The molecule has 0 saturated heterocycles. The molecule has 2 heterocycles. The zero-order valence-electron chi connectivity index (χ0n) is 17.2. The SMILES string of the molecule is Cc1cc(C)n(Cc2cccc(CNC(=O)c3ccc(-n4cnnn4)c(C)c3)c2)n1. The van der Waals surface area contributed by atoms with Gasteiger partial charge in [-0.15, -0.1) is 5.10 Å². The molecule has 152 valence electrons. The van der Waals surface area contributed by atoms with Gasteiger partial charge in [-0.2, -0.15) is 5.10 Å². The largest absolute Gasteiger partial charge is 0.348 e. The maximum Gasteiger partial charge on any atom is 0.251 e. The van der Waals surface area contributed by atoms with Crippen LogP contribution in [0, 0.1) is 20.8 Å². The fourth-order valence-electron chi connectivity index (χ4n) is 3.46. The van der Waals surface area contributed by atoms with Crippen LogP contribution < -0.4 is 5.32 Å². The summed E-state index contributed by atoms with van der Waals surface area (Å²) in [5.41, 5.74) is 6.70. The Morgan fingerprint density at radius 1 is 1.03 bits per heavy atom. The predicted octanol–water partition coefficient (Wildman–Crippen LogP) is 2.76. The molecular formula is C22H23N7O. The second-order valence-corrected chi connectivity index (χ2v) is 7.34. The lowest BCUT2D eigenvalue weighted by atomic mass is 10.1. The third kappa shape index (κ3) is 4.27. The Morgan fingerprint density at radius 2 is 1.87 bits per heavy atom. The number of benzene rings is 2. The molecule has 4 rings (SSSR count). The van der Waals surface area contributed by atoms with Gasteiger partial charge in [0, 0.05) is 17.8 Å². The van der Waals surface area contributed by atoms with E-state index in [4.69, 9.17) is 0 Å². The number of rotatable bonds is 6. The number of nitrogens with one attached hydrogen (secondary N) is 1. The molecule has 4 aromatic rings. The Balaban J connectivity index is 1.41. The van der Waals surface area contributed by atoms with Crippen LogP contribution in [-0.4, -0.2) is 35.9 Å². The standard InChI is InChI=1S/C22H23N7O/c1-15-9-20(7-8-21(15)29-14-24-26-27-29)22(30)23-12-18-5-4-6-19(11-18)13-28-17(3)10-16(2)25-28/h4-11,14H,12-13H2,1-3H3,(H,23,30). The van der Waals surface area contributed by atoms with E-state index in [1.807, 2.05) is 42.8 Å². The van der Waals surface area contributed by atoms with Crippen LogP contribution in [0.15, 0.2) is 54.9 Å². The minimum absolute atomic E-state index is 0.120. The van der Waals surface area contributed by atoms with Crippen molar-refractivity contribution in [1.29, 1.82) is 0 Å². The summed E-state index contributed by atoms with van der Waals surface area (Å²) in [6, 6.07) is 15.7. The topological polar surface area (TPSA) is 90.5 Å². The number of nitrogens with zero attached hydrogens (tertiary/aromatic N) is 6. The zero-order valence-corrected chi connectivity index (χ0v) is 17.2. The van der Waals surface area contributed by atoms with Crippen LogP contribution in [-0.2, 0) is 13.1 Å². The highest BCUT2D eigenvalue weighted by molar-refractivity contribution is 5.94. The lowest BCUT2D eigenvalue weighted by Crippen LogP contribution is -2.23. The number of amides is 1. The molecule has 0 bridgehead atoms. The van der Waals surface area contributed by atoms with Gasteiger partial charge in [-0.05, 0) is 72.2 Å². The van der Waals surface area contributed by atoms with E-state index in [9.17, 15) is 4.79 Å². The molecule has 1 amide bonds. The summed E-state index contributed by atoms with van der Waals surface area (Å²) in [5, 5.41) is 18.7. The van der Waals surface area contributed by atoms with Crippen molar-refractivity contribution in [3.8, 4) is 5.69 Å². The maximum atomic E-state index is 12.6. The molecule has 0 atom stereocenters. The summed E-state index contributed by atoms with van der Waals surface area (Å²) in [6.45, 7) is 7.14. The molecule has 2 aromatic heterocycles. The Kier molecular flexibility index (Phi) is 5.38. The van der Waals surface area contributed by atoms with Crippen LogP contribution in [0.3, 0.4) is 0 Å². The second-order valence-electron chi connectivity index (χ2n) is 7.34. The fourth-order valence-corrected chi connectivity index (χ4v) is 3.46. The number of aryl methyl sites for hydroxylation is 3. The molecule has 0 fully saturated rings. The first kappa shape index (κ1) is 19.5. The van der Waals surface area contributed by atoms with Gasteiger partial charge in [0.2, 0.25) is 0 Å². The van der Waals surface area contributed by atoms with Crippen LogP contribution in [0.5, 0.6) is 0 Å². The second kappa shape index (κ2) is 8.28. The van der Waals surface area contributed by atoms with Gasteiger partial charge in [-0.25, -0.2) is 4.68 Å². The van der Waals surface area contributed by atoms with Crippen molar-refractivity contribution in [3.05, 3.63) is 88.5 Å². The summed E-state index contributed by atoms with van der Waals surface area (Å²) in [4.78, 5) is 12.6. The van der Waals surface area contributed by atoms with E-state index in [2.05, 4.69) is 51.1 Å². The molecule has 30 heavy (non-hydrogen) atoms. The van der Waals surface area contributed by atoms with Gasteiger partial charge < -0.3 is 5.32 Å². The molecule has 8 nitrogen and oxygen atoms in total. The number of aromatic nitrogens is 6. The van der Waals surface area contributed by atoms with Crippen molar-refractivity contribution in [2.75, 3.05) is 0 Å². The zero-order chi connectivity index (χ0) is 21.1. The first-order valence-electron chi connectivity index (χ1n) is 9.70. The monoisotopic (exact) mass is 401 g/mol. The van der Waals surface area contributed by atoms with E-state index >= 15 is 0 Å². The number of hydrogen-bond acceptors (Lipinski definition) is 5. The van der Waals surface area contributed by atoms with E-state index in [1.165, 1.54) is 6.33 Å². The van der Waals surface area contributed by atoms with Crippen molar-refractivity contribution in [2.24, 2.45) is 0 Å². The van der Waals surface area contributed by atoms with Gasteiger partial charge in [0.25, 0.3) is 5.91 Å². The summed E-state index contributed by atoms with van der Waals surface area (Å²) in [5.74, 6) is -0.120. The van der Waals surface area contributed by atoms with Gasteiger partial charge in [-0.3, -0.25) is 9.48 Å².